The van der Waals surface area contributed by atoms with Gasteiger partial charge >= 0.3 is 0 Å². The van der Waals surface area contributed by atoms with Crippen molar-refractivity contribution in [2.24, 2.45) is 0 Å². The molecule has 6 rings (SSSR count). The van der Waals surface area contributed by atoms with Crippen LogP contribution in [0.4, 0.5) is 11.4 Å². The van der Waals surface area contributed by atoms with Gasteiger partial charge in [-0.2, -0.15) is 0 Å². The molecular weight excluding hydrogens is 585 g/mol. The Morgan fingerprint density at radius 3 is 1.65 bits per heavy atom. The summed E-state index contributed by atoms with van der Waals surface area (Å²) in [7, 11) is 0. The van der Waals surface area contributed by atoms with Gasteiger partial charge in [0.2, 0.25) is 0 Å². The summed E-state index contributed by atoms with van der Waals surface area (Å²) in [5, 5.41) is 0. The molecule has 43 heavy (non-hydrogen) atoms. The number of aromatic nitrogens is 2. The molecule has 0 saturated heterocycles. The summed E-state index contributed by atoms with van der Waals surface area (Å²) in [5.74, 6) is 0.599. The second kappa shape index (κ2) is 11.7. The van der Waals surface area contributed by atoms with E-state index in [0.717, 1.165) is 11.1 Å². The molecule has 2 atom stereocenters. The van der Waals surface area contributed by atoms with Crippen molar-refractivity contribution in [2.45, 2.75) is 9.79 Å². The van der Waals surface area contributed by atoms with Gasteiger partial charge in [-0.15, -0.1) is 0 Å². The molecule has 0 spiro atoms. The lowest BCUT2D eigenvalue weighted by Gasteiger charge is -2.13. The number of anilines is 2. The highest BCUT2D eigenvalue weighted by Crippen LogP contribution is 2.35. The van der Waals surface area contributed by atoms with Crippen molar-refractivity contribution in [1.82, 2.24) is 9.97 Å². The highest BCUT2D eigenvalue weighted by atomic mass is 32.2. The Morgan fingerprint density at radius 1 is 0.558 bits per heavy atom. The van der Waals surface area contributed by atoms with Crippen molar-refractivity contribution >= 4 is 44.6 Å². The molecule has 0 aliphatic carbocycles. The zero-order valence-electron chi connectivity index (χ0n) is 22.4. The molecule has 2 unspecified atom stereocenters. The van der Waals surface area contributed by atoms with E-state index in [2.05, 4.69) is 0 Å². The lowest BCUT2D eigenvalue weighted by Crippen LogP contribution is -1.98. The van der Waals surface area contributed by atoms with Gasteiger partial charge in [-0.3, -0.25) is 0 Å². The lowest BCUT2D eigenvalue weighted by atomic mass is 10.0. The molecule has 214 valence electrons. The highest BCUT2D eigenvalue weighted by Gasteiger charge is 2.16. The maximum atomic E-state index is 12.3. The third-order valence-electron chi connectivity index (χ3n) is 6.75. The number of hydrogen-bond donors (Lipinski definition) is 4. The van der Waals surface area contributed by atoms with E-state index in [4.69, 9.17) is 26.2 Å². The van der Waals surface area contributed by atoms with E-state index in [9.17, 15) is 17.5 Å². The molecule has 11 heteroatoms. The standard InChI is InChI=1S/C32H24N4O5S2/c33-23-8-1-20(2-9-23)31-32(21-3-10-24(34)11-4-21)36-28-18-25(12-15-27(28)35-31)41-29-16-7-22(17-30(29)43(39)40)19-5-13-26(14-6-19)42(37)38/h1-18H,33-34H2,(H,37,38)(H,39,40). The first kappa shape index (κ1) is 28.2. The van der Waals surface area contributed by atoms with Crippen LogP contribution >= 0.6 is 0 Å². The van der Waals surface area contributed by atoms with E-state index < -0.39 is 22.2 Å². The van der Waals surface area contributed by atoms with Crippen LogP contribution in [0.2, 0.25) is 0 Å². The van der Waals surface area contributed by atoms with Gasteiger partial charge in [0.15, 0.2) is 22.2 Å². The van der Waals surface area contributed by atoms with Gasteiger partial charge in [-0.25, -0.2) is 18.4 Å². The van der Waals surface area contributed by atoms with E-state index in [1.54, 1.807) is 60.7 Å². The number of ether oxygens (including phenoxy) is 1. The molecule has 0 aliphatic rings. The maximum absolute atomic E-state index is 12.3. The average molecular weight is 609 g/mol. The predicted molar refractivity (Wildman–Crippen MR) is 169 cm³/mol. The number of rotatable bonds is 7. The van der Waals surface area contributed by atoms with Gasteiger partial charge in [0.25, 0.3) is 0 Å². The fourth-order valence-corrected chi connectivity index (χ4v) is 5.46. The quantitative estimate of drug-likeness (QED) is 0.113. The number of fused-ring (bicyclic) bond motifs is 1. The molecule has 5 aromatic carbocycles. The van der Waals surface area contributed by atoms with Crippen LogP contribution in [0.25, 0.3) is 44.7 Å². The zero-order chi connectivity index (χ0) is 30.1. The number of nitrogen functional groups attached to an aromatic ring is 2. The second-order valence-electron chi connectivity index (χ2n) is 9.60. The molecule has 0 radical (unpaired) electrons. The fraction of sp³-hybridized carbons (Fsp3) is 0. The number of hydrogen-bond acceptors (Lipinski definition) is 7. The average Bonchev–Trinajstić information content (AvgIpc) is 3.01. The van der Waals surface area contributed by atoms with Gasteiger partial charge in [0, 0.05) is 28.6 Å². The van der Waals surface area contributed by atoms with Crippen LogP contribution in [-0.2, 0) is 22.2 Å². The molecule has 1 heterocycles. The lowest BCUT2D eigenvalue weighted by molar-refractivity contribution is 0.466. The van der Waals surface area contributed by atoms with Crippen LogP contribution in [0.1, 0.15) is 0 Å². The summed E-state index contributed by atoms with van der Waals surface area (Å²) in [6.45, 7) is 0. The minimum atomic E-state index is -2.35. The number of benzene rings is 5. The molecule has 6 N–H and O–H groups in total. The molecule has 6 aromatic rings. The predicted octanol–water partition coefficient (Wildman–Crippen LogP) is 6.75. The maximum Gasteiger partial charge on any atom is 0.190 e. The zero-order valence-corrected chi connectivity index (χ0v) is 24.0. The van der Waals surface area contributed by atoms with Crippen molar-refractivity contribution in [3.05, 3.63) is 109 Å². The largest absolute Gasteiger partial charge is 0.456 e. The Morgan fingerprint density at radius 2 is 1.09 bits per heavy atom. The van der Waals surface area contributed by atoms with Crippen LogP contribution in [-0.4, -0.2) is 27.5 Å². The molecular formula is C32H24N4O5S2. The third kappa shape index (κ3) is 6.01. The fourth-order valence-electron chi connectivity index (χ4n) is 4.58. The van der Waals surface area contributed by atoms with Crippen molar-refractivity contribution in [2.75, 3.05) is 11.5 Å². The minimum absolute atomic E-state index is 0.0692. The third-order valence-corrected chi connectivity index (χ3v) is 8.12. The van der Waals surface area contributed by atoms with E-state index in [1.165, 1.54) is 12.1 Å². The summed E-state index contributed by atoms with van der Waals surface area (Å²) < 4.78 is 49.0. The van der Waals surface area contributed by atoms with Gasteiger partial charge in [-0.1, -0.05) is 42.5 Å². The van der Waals surface area contributed by atoms with Gasteiger partial charge in [0.05, 0.1) is 27.3 Å². The van der Waals surface area contributed by atoms with Crippen LogP contribution < -0.4 is 16.2 Å². The molecule has 9 nitrogen and oxygen atoms in total. The van der Waals surface area contributed by atoms with Crippen molar-refractivity contribution in [1.29, 1.82) is 0 Å². The normalized spacial score (nSPS) is 12.6. The van der Waals surface area contributed by atoms with Crippen LogP contribution in [0, 0.1) is 0 Å². The van der Waals surface area contributed by atoms with Crippen molar-refractivity contribution in [3.8, 4) is 45.1 Å². The molecule has 0 fully saturated rings. The van der Waals surface area contributed by atoms with E-state index >= 15 is 0 Å². The summed E-state index contributed by atoms with van der Waals surface area (Å²) in [6, 6.07) is 31.3. The van der Waals surface area contributed by atoms with Crippen LogP contribution in [0.15, 0.2) is 119 Å². The Kier molecular flexibility index (Phi) is 7.70. The molecule has 0 bridgehead atoms. The highest BCUT2D eigenvalue weighted by molar-refractivity contribution is 7.79. The SMILES string of the molecule is Nc1ccc(-c2nc3ccc(Oc4ccc(-c5ccc(S(=O)O)cc5)cc4S(=O)O)cc3nc2-c2ccc(N)cc2)cc1. The Balaban J connectivity index is 1.39. The Bertz CT molecular complexity index is 2020. The summed E-state index contributed by atoms with van der Waals surface area (Å²) in [4.78, 5) is 10.2. The van der Waals surface area contributed by atoms with Gasteiger partial charge in [-0.05, 0) is 71.8 Å². The topological polar surface area (TPSA) is 162 Å². The smallest absolute Gasteiger partial charge is 0.190 e. The van der Waals surface area contributed by atoms with Crippen LogP contribution in [0.5, 0.6) is 11.5 Å². The molecule has 0 saturated carbocycles. The first-order chi connectivity index (χ1) is 20.7. The van der Waals surface area contributed by atoms with Crippen molar-refractivity contribution in [3.63, 3.8) is 0 Å². The molecule has 0 amide bonds. The summed E-state index contributed by atoms with van der Waals surface area (Å²) >= 11 is -4.45. The molecule has 1 aromatic heterocycles. The second-order valence-corrected chi connectivity index (χ2v) is 11.5. The summed E-state index contributed by atoms with van der Waals surface area (Å²) in [5.41, 5.74) is 18.6. The van der Waals surface area contributed by atoms with Gasteiger partial charge < -0.3 is 25.3 Å². The molecule has 0 aliphatic heterocycles. The van der Waals surface area contributed by atoms with E-state index in [-0.39, 0.29) is 15.5 Å². The first-order valence-electron chi connectivity index (χ1n) is 12.9. The monoisotopic (exact) mass is 608 g/mol. The van der Waals surface area contributed by atoms with E-state index in [0.29, 0.717) is 50.7 Å². The summed E-state index contributed by atoms with van der Waals surface area (Å²) in [6.07, 6.45) is 0. The van der Waals surface area contributed by atoms with Gasteiger partial charge in [0.1, 0.15) is 16.4 Å². The number of nitrogens with two attached hydrogens (primary N) is 2. The Labute approximate surface area is 251 Å². The van der Waals surface area contributed by atoms with E-state index in [1.807, 2.05) is 36.4 Å². The van der Waals surface area contributed by atoms with Crippen LogP contribution in [0.3, 0.4) is 0 Å². The Hall–Kier alpha value is -4.94. The minimum Gasteiger partial charge on any atom is -0.456 e. The number of nitrogens with zero attached hydrogens (tertiary/aromatic N) is 2. The van der Waals surface area contributed by atoms with Crippen molar-refractivity contribution < 1.29 is 22.3 Å². The first-order valence-corrected chi connectivity index (χ1v) is 15.1.